The third-order valence-electron chi connectivity index (χ3n) is 3.79. The van der Waals surface area contributed by atoms with E-state index in [1.807, 2.05) is 4.90 Å². The van der Waals surface area contributed by atoms with E-state index < -0.39 is 4.92 Å². The number of nitrogens with zero attached hydrogens (tertiary/aromatic N) is 2. The van der Waals surface area contributed by atoms with Crippen LogP contribution in [0, 0.1) is 16.0 Å². The predicted octanol–water partition coefficient (Wildman–Crippen LogP) is 3.26. The van der Waals surface area contributed by atoms with Crippen molar-refractivity contribution in [3.63, 3.8) is 0 Å². The first-order valence-corrected chi connectivity index (χ1v) is 7.19. The van der Waals surface area contributed by atoms with E-state index in [-0.39, 0.29) is 16.6 Å². The lowest BCUT2D eigenvalue weighted by atomic mass is 10.1. The van der Waals surface area contributed by atoms with E-state index in [2.05, 4.69) is 0 Å². The second-order valence-electron chi connectivity index (χ2n) is 5.56. The Hall–Kier alpha value is -1.62. The number of amides is 1. The highest BCUT2D eigenvalue weighted by molar-refractivity contribution is 6.33. The lowest BCUT2D eigenvalue weighted by molar-refractivity contribution is -0.384. The van der Waals surface area contributed by atoms with Crippen LogP contribution in [0.15, 0.2) is 18.2 Å². The van der Waals surface area contributed by atoms with Crippen LogP contribution in [0.1, 0.15) is 36.0 Å². The second kappa shape index (κ2) is 5.05. The van der Waals surface area contributed by atoms with Crippen LogP contribution in [0.5, 0.6) is 0 Å². The van der Waals surface area contributed by atoms with Gasteiger partial charge in [-0.25, -0.2) is 0 Å². The molecule has 0 spiro atoms. The van der Waals surface area contributed by atoms with Crippen LogP contribution >= 0.6 is 11.6 Å². The van der Waals surface area contributed by atoms with E-state index in [4.69, 9.17) is 11.6 Å². The largest absolute Gasteiger partial charge is 0.335 e. The van der Waals surface area contributed by atoms with Crippen molar-refractivity contribution in [1.29, 1.82) is 0 Å². The summed E-state index contributed by atoms with van der Waals surface area (Å²) in [6, 6.07) is 4.55. The highest BCUT2D eigenvalue weighted by Gasteiger charge is 2.37. The molecule has 2 fully saturated rings. The van der Waals surface area contributed by atoms with Crippen LogP contribution in [0.2, 0.25) is 5.02 Å². The molecule has 0 atom stereocenters. The van der Waals surface area contributed by atoms with Crippen molar-refractivity contribution in [3.8, 4) is 0 Å². The van der Waals surface area contributed by atoms with Crippen LogP contribution < -0.4 is 0 Å². The Morgan fingerprint density at radius 1 is 1.35 bits per heavy atom. The van der Waals surface area contributed by atoms with Crippen LogP contribution in [-0.2, 0) is 0 Å². The number of halogens is 1. The number of benzene rings is 1. The normalized spacial score (nSPS) is 17.9. The fraction of sp³-hybridized carbons (Fsp3) is 0.500. The van der Waals surface area contributed by atoms with Crippen molar-refractivity contribution < 1.29 is 9.72 Å². The van der Waals surface area contributed by atoms with E-state index in [1.165, 1.54) is 31.0 Å². The predicted molar refractivity (Wildman–Crippen MR) is 74.9 cm³/mol. The van der Waals surface area contributed by atoms with E-state index in [0.717, 1.165) is 19.4 Å². The zero-order valence-corrected chi connectivity index (χ0v) is 11.7. The van der Waals surface area contributed by atoms with Gasteiger partial charge >= 0.3 is 0 Å². The third kappa shape index (κ3) is 2.77. The molecule has 2 aliphatic rings. The summed E-state index contributed by atoms with van der Waals surface area (Å²) in [5, 5.41) is 10.8. The van der Waals surface area contributed by atoms with Gasteiger partial charge in [0.2, 0.25) is 0 Å². The van der Waals surface area contributed by atoms with Crippen LogP contribution in [0.25, 0.3) is 0 Å². The fourth-order valence-electron chi connectivity index (χ4n) is 2.32. The third-order valence-corrected chi connectivity index (χ3v) is 4.09. The van der Waals surface area contributed by atoms with Gasteiger partial charge in [0.15, 0.2) is 0 Å². The molecule has 0 aromatic heterocycles. The molecule has 1 amide bonds. The van der Waals surface area contributed by atoms with Gasteiger partial charge < -0.3 is 4.90 Å². The summed E-state index contributed by atoms with van der Waals surface area (Å²) in [5.41, 5.74) is 0.275. The van der Waals surface area contributed by atoms with Crippen molar-refractivity contribution in [2.75, 3.05) is 6.54 Å². The monoisotopic (exact) mass is 294 g/mol. The SMILES string of the molecule is O=C(c1ccc([N+](=O)[O-])c(Cl)c1)N(CC1CC1)C1CC1. The van der Waals surface area contributed by atoms with E-state index >= 15 is 0 Å². The fourth-order valence-corrected chi connectivity index (χ4v) is 2.57. The maximum absolute atomic E-state index is 12.5. The number of carbonyl (C=O) groups is 1. The van der Waals surface area contributed by atoms with Gasteiger partial charge in [-0.05, 0) is 43.7 Å². The van der Waals surface area contributed by atoms with Gasteiger partial charge in [0, 0.05) is 24.2 Å². The van der Waals surface area contributed by atoms with Gasteiger partial charge in [0.25, 0.3) is 11.6 Å². The van der Waals surface area contributed by atoms with Crippen LogP contribution in [-0.4, -0.2) is 28.3 Å². The highest BCUT2D eigenvalue weighted by Crippen LogP contribution is 2.36. The molecule has 5 nitrogen and oxygen atoms in total. The smallest absolute Gasteiger partial charge is 0.287 e. The zero-order chi connectivity index (χ0) is 14.3. The maximum Gasteiger partial charge on any atom is 0.287 e. The first-order valence-electron chi connectivity index (χ1n) is 6.81. The number of hydrogen-bond donors (Lipinski definition) is 0. The number of nitro benzene ring substituents is 1. The molecule has 0 heterocycles. The Bertz CT molecular complexity index is 568. The molecule has 0 unspecified atom stereocenters. The quantitative estimate of drug-likeness (QED) is 0.618. The topological polar surface area (TPSA) is 63.4 Å². The summed E-state index contributed by atoms with van der Waals surface area (Å²) in [5.74, 6) is 0.573. The highest BCUT2D eigenvalue weighted by atomic mass is 35.5. The molecular formula is C14H15ClN2O3. The molecule has 0 bridgehead atoms. The molecule has 0 saturated heterocycles. The number of rotatable bonds is 5. The molecule has 0 aliphatic heterocycles. The van der Waals surface area contributed by atoms with Gasteiger partial charge in [0.1, 0.15) is 5.02 Å². The first-order chi connectivity index (χ1) is 9.56. The van der Waals surface area contributed by atoms with E-state index in [0.29, 0.717) is 17.5 Å². The Balaban J connectivity index is 1.81. The molecule has 2 saturated carbocycles. The average Bonchev–Trinajstić information content (AvgIpc) is 3.26. The second-order valence-corrected chi connectivity index (χ2v) is 5.96. The lowest BCUT2D eigenvalue weighted by Crippen LogP contribution is -2.34. The molecule has 3 rings (SSSR count). The zero-order valence-electron chi connectivity index (χ0n) is 10.9. The molecule has 106 valence electrons. The van der Waals surface area contributed by atoms with Gasteiger partial charge in [-0.3, -0.25) is 14.9 Å². The van der Waals surface area contributed by atoms with E-state index in [1.54, 1.807) is 0 Å². The van der Waals surface area contributed by atoms with Crippen LogP contribution in [0.4, 0.5) is 5.69 Å². The number of hydrogen-bond acceptors (Lipinski definition) is 3. The van der Waals surface area contributed by atoms with Gasteiger partial charge in [-0.15, -0.1) is 0 Å². The van der Waals surface area contributed by atoms with Crippen molar-refractivity contribution >= 4 is 23.2 Å². The van der Waals surface area contributed by atoms with Gasteiger partial charge in [-0.2, -0.15) is 0 Å². The molecule has 1 aromatic carbocycles. The molecular weight excluding hydrogens is 280 g/mol. The number of carbonyl (C=O) groups excluding carboxylic acids is 1. The molecule has 2 aliphatic carbocycles. The Morgan fingerprint density at radius 3 is 2.55 bits per heavy atom. The van der Waals surface area contributed by atoms with Gasteiger partial charge in [-0.1, -0.05) is 11.6 Å². The molecule has 1 aromatic rings. The number of nitro groups is 1. The standard InChI is InChI=1S/C14H15ClN2O3/c15-12-7-10(3-6-13(12)17(19)20)14(18)16(11-4-5-11)8-9-1-2-9/h3,6-7,9,11H,1-2,4-5,8H2. The van der Waals surface area contributed by atoms with Crippen molar-refractivity contribution in [2.24, 2.45) is 5.92 Å². The van der Waals surface area contributed by atoms with Crippen molar-refractivity contribution in [3.05, 3.63) is 38.9 Å². The summed E-state index contributed by atoms with van der Waals surface area (Å²) in [6.07, 6.45) is 4.49. The maximum atomic E-state index is 12.5. The van der Waals surface area contributed by atoms with Crippen molar-refractivity contribution in [1.82, 2.24) is 4.90 Å². The molecule has 20 heavy (non-hydrogen) atoms. The van der Waals surface area contributed by atoms with Gasteiger partial charge in [0.05, 0.1) is 4.92 Å². The minimum atomic E-state index is -0.542. The van der Waals surface area contributed by atoms with E-state index in [9.17, 15) is 14.9 Å². The summed E-state index contributed by atoms with van der Waals surface area (Å²) in [6.45, 7) is 0.804. The summed E-state index contributed by atoms with van der Waals surface area (Å²) in [7, 11) is 0. The summed E-state index contributed by atoms with van der Waals surface area (Å²) < 4.78 is 0. The lowest BCUT2D eigenvalue weighted by Gasteiger charge is -2.22. The van der Waals surface area contributed by atoms with Crippen LogP contribution in [0.3, 0.4) is 0 Å². The Kier molecular flexibility index (Phi) is 3.38. The molecule has 0 radical (unpaired) electrons. The van der Waals surface area contributed by atoms with Crippen molar-refractivity contribution in [2.45, 2.75) is 31.7 Å². The molecule has 6 heteroatoms. The Labute approximate surface area is 121 Å². The molecule has 0 N–H and O–H groups in total. The minimum Gasteiger partial charge on any atom is -0.335 e. The first kappa shape index (κ1) is 13.4. The minimum absolute atomic E-state index is 0.0167. The summed E-state index contributed by atoms with van der Waals surface area (Å²) in [4.78, 5) is 24.6. The summed E-state index contributed by atoms with van der Waals surface area (Å²) >= 11 is 5.87. The Morgan fingerprint density at radius 2 is 2.05 bits per heavy atom. The average molecular weight is 295 g/mol.